The molecule has 8 nitrogen and oxygen atoms in total. The van der Waals surface area contributed by atoms with Crippen molar-refractivity contribution in [2.45, 2.75) is 5.03 Å². The van der Waals surface area contributed by atoms with Crippen molar-refractivity contribution in [1.82, 2.24) is 14.5 Å². The number of fused-ring (bicyclic) bond motifs is 1. The summed E-state index contributed by atoms with van der Waals surface area (Å²) in [5.41, 5.74) is -0.0654. The monoisotopic (exact) mass is 434 g/mol. The number of carbonyl (C=O) groups excluding carboxylic acids is 1. The highest BCUT2D eigenvalue weighted by Gasteiger charge is 2.15. The fourth-order valence-electron chi connectivity index (χ4n) is 3.09. The number of aromatic nitrogens is 3. The molecular formula is C22H18N4O4S. The van der Waals surface area contributed by atoms with Crippen LogP contribution in [0.1, 0.15) is 0 Å². The van der Waals surface area contributed by atoms with Crippen LogP contribution in [0.3, 0.4) is 0 Å². The van der Waals surface area contributed by atoms with E-state index in [-0.39, 0.29) is 17.5 Å². The zero-order valence-corrected chi connectivity index (χ0v) is 17.3. The molecule has 4 aromatic rings. The number of aromatic amines is 1. The smallest absolute Gasteiger partial charge is 0.334 e. The predicted octanol–water partition coefficient (Wildman–Crippen LogP) is 2.81. The Labute approximate surface area is 180 Å². The minimum absolute atomic E-state index is 0.0512. The van der Waals surface area contributed by atoms with Crippen LogP contribution in [0.4, 0.5) is 5.82 Å². The normalized spacial score (nSPS) is 10.7. The number of pyridine rings is 1. The fourth-order valence-corrected chi connectivity index (χ4v) is 3.77. The number of para-hydroxylation sites is 3. The van der Waals surface area contributed by atoms with Crippen molar-refractivity contribution in [2.75, 3.05) is 18.2 Å². The first-order valence-corrected chi connectivity index (χ1v) is 10.3. The summed E-state index contributed by atoms with van der Waals surface area (Å²) in [7, 11) is 1.47. The van der Waals surface area contributed by atoms with Crippen molar-refractivity contribution < 1.29 is 9.53 Å². The molecule has 0 aliphatic carbocycles. The topological polar surface area (TPSA) is 106 Å². The molecule has 2 heterocycles. The molecule has 0 fully saturated rings. The number of hydrogen-bond acceptors (Lipinski definition) is 6. The van der Waals surface area contributed by atoms with Crippen molar-refractivity contribution in [2.24, 2.45) is 0 Å². The SMILES string of the molecule is COc1ccccc1-n1c(NC(=O)CSc2ccc3ccccc3n2)cc(=O)[nH]c1=O. The van der Waals surface area contributed by atoms with Crippen LogP contribution in [0, 0.1) is 0 Å². The van der Waals surface area contributed by atoms with E-state index in [1.807, 2.05) is 36.4 Å². The van der Waals surface area contributed by atoms with Gasteiger partial charge in [-0.1, -0.05) is 48.2 Å². The molecule has 1 amide bonds. The summed E-state index contributed by atoms with van der Waals surface area (Å²) in [6, 6.07) is 19.5. The quantitative estimate of drug-likeness (QED) is 0.452. The number of methoxy groups -OCH3 is 1. The van der Waals surface area contributed by atoms with Crippen LogP contribution in [0.5, 0.6) is 5.75 Å². The lowest BCUT2D eigenvalue weighted by Gasteiger charge is -2.15. The Bertz CT molecular complexity index is 1380. The largest absolute Gasteiger partial charge is 0.495 e. The highest BCUT2D eigenvalue weighted by Crippen LogP contribution is 2.24. The maximum absolute atomic E-state index is 12.6. The second kappa shape index (κ2) is 8.88. The molecule has 0 spiro atoms. The zero-order valence-electron chi connectivity index (χ0n) is 16.5. The Morgan fingerprint density at radius 2 is 1.87 bits per heavy atom. The molecule has 156 valence electrons. The molecule has 0 bridgehead atoms. The van der Waals surface area contributed by atoms with Crippen LogP contribution >= 0.6 is 11.8 Å². The van der Waals surface area contributed by atoms with Crippen molar-refractivity contribution in [3.8, 4) is 11.4 Å². The van der Waals surface area contributed by atoms with Crippen LogP contribution in [0.2, 0.25) is 0 Å². The van der Waals surface area contributed by atoms with Crippen LogP contribution in [-0.2, 0) is 4.79 Å². The van der Waals surface area contributed by atoms with Gasteiger partial charge in [-0.2, -0.15) is 0 Å². The Morgan fingerprint density at radius 3 is 2.71 bits per heavy atom. The third kappa shape index (κ3) is 4.51. The fraction of sp³-hybridized carbons (Fsp3) is 0.0909. The second-order valence-electron chi connectivity index (χ2n) is 6.51. The Morgan fingerprint density at radius 1 is 1.10 bits per heavy atom. The summed E-state index contributed by atoms with van der Waals surface area (Å²) >= 11 is 1.26. The number of hydrogen-bond donors (Lipinski definition) is 2. The van der Waals surface area contributed by atoms with Gasteiger partial charge in [0.2, 0.25) is 5.91 Å². The number of H-pyrrole nitrogens is 1. The van der Waals surface area contributed by atoms with E-state index in [2.05, 4.69) is 15.3 Å². The molecule has 0 radical (unpaired) electrons. The number of rotatable bonds is 6. The third-order valence-corrected chi connectivity index (χ3v) is 5.39. The summed E-state index contributed by atoms with van der Waals surface area (Å²) in [5.74, 6) is 0.143. The molecule has 0 unspecified atom stereocenters. The van der Waals surface area contributed by atoms with Gasteiger partial charge >= 0.3 is 5.69 Å². The minimum atomic E-state index is -0.684. The number of benzene rings is 2. The van der Waals surface area contributed by atoms with Crippen molar-refractivity contribution >= 4 is 34.4 Å². The second-order valence-corrected chi connectivity index (χ2v) is 7.51. The van der Waals surface area contributed by atoms with Crippen molar-refractivity contribution in [3.05, 3.63) is 87.6 Å². The molecule has 2 aromatic heterocycles. The molecule has 0 aliphatic heterocycles. The molecule has 31 heavy (non-hydrogen) atoms. The third-order valence-electron chi connectivity index (χ3n) is 4.46. The highest BCUT2D eigenvalue weighted by molar-refractivity contribution is 7.99. The van der Waals surface area contributed by atoms with E-state index in [1.165, 1.54) is 23.4 Å². The molecule has 2 aromatic carbocycles. The summed E-state index contributed by atoms with van der Waals surface area (Å²) in [6.45, 7) is 0. The Hall–Kier alpha value is -3.85. The van der Waals surface area contributed by atoms with Gasteiger partial charge in [0.1, 0.15) is 11.6 Å². The standard InChI is InChI=1S/C22H18N4O4S/c1-30-17-9-5-4-8-16(17)26-18(12-19(27)25-22(26)29)24-20(28)13-31-21-11-10-14-6-2-3-7-15(14)23-21/h2-12H,13H2,1H3,(H,24,28)(H,25,27,29). The maximum Gasteiger partial charge on any atom is 0.334 e. The molecule has 2 N–H and O–H groups in total. The first-order chi connectivity index (χ1) is 15.0. The molecule has 0 aliphatic rings. The number of nitrogens with one attached hydrogen (secondary N) is 2. The maximum atomic E-state index is 12.6. The highest BCUT2D eigenvalue weighted by atomic mass is 32.2. The number of carbonyl (C=O) groups is 1. The van der Waals surface area contributed by atoms with E-state index in [4.69, 9.17) is 4.74 Å². The van der Waals surface area contributed by atoms with Gasteiger partial charge in [-0.15, -0.1) is 0 Å². The van der Waals surface area contributed by atoms with Crippen molar-refractivity contribution in [3.63, 3.8) is 0 Å². The van der Waals surface area contributed by atoms with Gasteiger partial charge in [0.05, 0.1) is 29.1 Å². The van der Waals surface area contributed by atoms with Crippen LogP contribution in [0.15, 0.2) is 81.3 Å². The number of amides is 1. The van der Waals surface area contributed by atoms with Crippen molar-refractivity contribution in [1.29, 1.82) is 0 Å². The van der Waals surface area contributed by atoms with E-state index in [0.717, 1.165) is 17.0 Å². The number of anilines is 1. The molecule has 4 rings (SSSR count). The molecule has 0 saturated heterocycles. The number of thioether (sulfide) groups is 1. The number of nitrogens with zero attached hydrogens (tertiary/aromatic N) is 2. The molecule has 9 heteroatoms. The van der Waals surface area contributed by atoms with E-state index in [9.17, 15) is 14.4 Å². The lowest BCUT2D eigenvalue weighted by Crippen LogP contribution is -2.32. The zero-order chi connectivity index (χ0) is 21.8. The number of ether oxygens (including phenoxy) is 1. The molecule has 0 saturated carbocycles. The minimum Gasteiger partial charge on any atom is -0.495 e. The van der Waals surface area contributed by atoms with Crippen LogP contribution in [0.25, 0.3) is 16.6 Å². The molecular weight excluding hydrogens is 416 g/mol. The Kier molecular flexibility index (Phi) is 5.85. The summed E-state index contributed by atoms with van der Waals surface area (Å²) < 4.78 is 6.50. The summed E-state index contributed by atoms with van der Waals surface area (Å²) in [4.78, 5) is 43.7. The van der Waals surface area contributed by atoms with Gasteiger partial charge in [-0.05, 0) is 24.3 Å². The van der Waals surface area contributed by atoms with Gasteiger partial charge in [0.15, 0.2) is 0 Å². The summed E-state index contributed by atoms with van der Waals surface area (Å²) in [6.07, 6.45) is 0. The Balaban J connectivity index is 1.57. The first kappa shape index (κ1) is 20.4. The van der Waals surface area contributed by atoms with E-state index >= 15 is 0 Å². The van der Waals surface area contributed by atoms with E-state index < -0.39 is 11.2 Å². The average molecular weight is 434 g/mol. The van der Waals surface area contributed by atoms with Crippen LogP contribution < -0.4 is 21.3 Å². The molecule has 0 atom stereocenters. The van der Waals surface area contributed by atoms with E-state index in [1.54, 1.807) is 24.3 Å². The van der Waals surface area contributed by atoms with Gasteiger partial charge in [0, 0.05) is 11.5 Å². The lowest BCUT2D eigenvalue weighted by atomic mass is 10.2. The van der Waals surface area contributed by atoms with Gasteiger partial charge < -0.3 is 10.1 Å². The van der Waals surface area contributed by atoms with Crippen LogP contribution in [-0.4, -0.2) is 33.3 Å². The predicted molar refractivity (Wildman–Crippen MR) is 120 cm³/mol. The average Bonchev–Trinajstić information content (AvgIpc) is 2.77. The summed E-state index contributed by atoms with van der Waals surface area (Å²) in [5, 5.41) is 4.36. The van der Waals surface area contributed by atoms with Gasteiger partial charge in [-0.25, -0.2) is 14.3 Å². The first-order valence-electron chi connectivity index (χ1n) is 9.33. The van der Waals surface area contributed by atoms with E-state index in [0.29, 0.717) is 16.5 Å². The van der Waals surface area contributed by atoms with Gasteiger partial charge in [-0.3, -0.25) is 14.6 Å². The lowest BCUT2D eigenvalue weighted by molar-refractivity contribution is -0.113. The van der Waals surface area contributed by atoms with Gasteiger partial charge in [0.25, 0.3) is 5.56 Å².